The molecule has 1 N–H and O–H groups in total. The van der Waals surface area contributed by atoms with Gasteiger partial charge in [-0.05, 0) is 67.5 Å². The van der Waals surface area contributed by atoms with Crippen molar-refractivity contribution in [2.24, 2.45) is 0 Å². The summed E-state index contributed by atoms with van der Waals surface area (Å²) in [6.45, 7) is 1.06. The van der Waals surface area contributed by atoms with Crippen LogP contribution < -0.4 is 10.2 Å². The Hall–Kier alpha value is -3.41. The van der Waals surface area contributed by atoms with Crippen LogP contribution in [0.4, 0.5) is 10.5 Å². The van der Waals surface area contributed by atoms with Crippen molar-refractivity contribution in [3.63, 3.8) is 0 Å². The first kappa shape index (κ1) is 20.5. The standard InChI is InChI=1S/C26H27N3O3/c30-24(27-15-14-18-6-2-1-3-7-18)19-10-12-22(13-11-19)29-25(31)23-16-20-8-4-5-9-21(20)17-28(23)26(29)32/h4-6,8-13,23H,1-3,7,14-17H2,(H,27,30)/t23-/m0/s1. The predicted octanol–water partition coefficient (Wildman–Crippen LogP) is 4.20. The summed E-state index contributed by atoms with van der Waals surface area (Å²) in [5, 5.41) is 2.97. The lowest BCUT2D eigenvalue weighted by molar-refractivity contribution is -0.120. The third kappa shape index (κ3) is 3.81. The molecule has 4 amide bonds. The van der Waals surface area contributed by atoms with Crippen molar-refractivity contribution < 1.29 is 14.4 Å². The monoisotopic (exact) mass is 429 g/mol. The lowest BCUT2D eigenvalue weighted by Crippen LogP contribution is -2.39. The summed E-state index contributed by atoms with van der Waals surface area (Å²) in [4.78, 5) is 41.4. The summed E-state index contributed by atoms with van der Waals surface area (Å²) in [6, 6.07) is 13.9. The summed E-state index contributed by atoms with van der Waals surface area (Å²) < 4.78 is 0. The number of nitrogens with one attached hydrogen (secondary N) is 1. The van der Waals surface area contributed by atoms with Crippen molar-refractivity contribution in [2.75, 3.05) is 11.4 Å². The quantitative estimate of drug-likeness (QED) is 0.572. The highest BCUT2D eigenvalue weighted by atomic mass is 16.2. The highest BCUT2D eigenvalue weighted by Gasteiger charge is 2.47. The molecule has 0 saturated carbocycles. The Labute approximate surface area is 187 Å². The molecule has 0 aromatic heterocycles. The van der Waals surface area contributed by atoms with Crippen LogP contribution in [0.2, 0.25) is 0 Å². The molecule has 0 bridgehead atoms. The van der Waals surface area contributed by atoms with Crippen molar-refractivity contribution in [1.82, 2.24) is 10.2 Å². The van der Waals surface area contributed by atoms with E-state index in [1.165, 1.54) is 23.3 Å². The minimum Gasteiger partial charge on any atom is -0.352 e. The van der Waals surface area contributed by atoms with Gasteiger partial charge in [-0.2, -0.15) is 0 Å². The van der Waals surface area contributed by atoms with Gasteiger partial charge in [-0.15, -0.1) is 0 Å². The normalized spacial score (nSPS) is 20.0. The highest BCUT2D eigenvalue weighted by Crippen LogP contribution is 2.33. The molecule has 5 rings (SSSR count). The number of nitrogens with zero attached hydrogens (tertiary/aromatic N) is 2. The van der Waals surface area contributed by atoms with Gasteiger partial charge in [-0.3, -0.25) is 9.59 Å². The van der Waals surface area contributed by atoms with E-state index in [1.54, 1.807) is 29.2 Å². The van der Waals surface area contributed by atoms with Crippen LogP contribution in [0, 0.1) is 0 Å². The smallest absolute Gasteiger partial charge is 0.332 e. The van der Waals surface area contributed by atoms with Gasteiger partial charge < -0.3 is 10.2 Å². The molecule has 32 heavy (non-hydrogen) atoms. The average Bonchev–Trinajstić information content (AvgIpc) is 3.07. The maximum Gasteiger partial charge on any atom is 0.332 e. The molecule has 1 saturated heterocycles. The topological polar surface area (TPSA) is 69.7 Å². The third-order valence-corrected chi connectivity index (χ3v) is 6.70. The van der Waals surface area contributed by atoms with E-state index in [2.05, 4.69) is 11.4 Å². The van der Waals surface area contributed by atoms with Gasteiger partial charge in [0.2, 0.25) is 0 Å². The van der Waals surface area contributed by atoms with Crippen LogP contribution >= 0.6 is 0 Å². The van der Waals surface area contributed by atoms with E-state index in [4.69, 9.17) is 0 Å². The molecular formula is C26H27N3O3. The number of hydrogen-bond acceptors (Lipinski definition) is 3. The second-order valence-corrected chi connectivity index (χ2v) is 8.73. The molecule has 1 fully saturated rings. The van der Waals surface area contributed by atoms with Crippen molar-refractivity contribution in [3.8, 4) is 0 Å². The zero-order chi connectivity index (χ0) is 22.1. The van der Waals surface area contributed by atoms with E-state index in [9.17, 15) is 14.4 Å². The molecule has 164 valence electrons. The molecule has 0 unspecified atom stereocenters. The molecule has 2 heterocycles. The number of hydrogen-bond donors (Lipinski definition) is 1. The summed E-state index contributed by atoms with van der Waals surface area (Å²) >= 11 is 0. The molecule has 1 aliphatic carbocycles. The van der Waals surface area contributed by atoms with Gasteiger partial charge in [0.05, 0.1) is 5.69 Å². The Bertz CT molecular complexity index is 1050. The SMILES string of the molecule is O=C(NCCC1=CCCCC1)c1ccc(N2C(=O)[C@@H]3Cc4ccccc4CN3C2=O)cc1. The van der Waals surface area contributed by atoms with Crippen LogP contribution in [-0.2, 0) is 17.8 Å². The third-order valence-electron chi connectivity index (χ3n) is 6.70. The van der Waals surface area contributed by atoms with Crippen LogP contribution in [0.1, 0.15) is 53.6 Å². The number of fused-ring (bicyclic) bond motifs is 2. The van der Waals surface area contributed by atoms with E-state index in [0.29, 0.717) is 30.8 Å². The number of rotatable bonds is 5. The second kappa shape index (κ2) is 8.61. The number of urea groups is 1. The maximum atomic E-state index is 13.0. The average molecular weight is 430 g/mol. The molecule has 6 nitrogen and oxygen atoms in total. The van der Waals surface area contributed by atoms with Gasteiger partial charge in [0.25, 0.3) is 11.8 Å². The molecular weight excluding hydrogens is 402 g/mol. The number of imide groups is 1. The van der Waals surface area contributed by atoms with E-state index in [1.807, 2.05) is 24.3 Å². The van der Waals surface area contributed by atoms with Crippen LogP contribution in [0.25, 0.3) is 0 Å². The highest BCUT2D eigenvalue weighted by molar-refractivity contribution is 6.21. The van der Waals surface area contributed by atoms with E-state index < -0.39 is 6.04 Å². The van der Waals surface area contributed by atoms with Gasteiger partial charge in [0.15, 0.2) is 0 Å². The van der Waals surface area contributed by atoms with E-state index >= 15 is 0 Å². The fraction of sp³-hybridized carbons (Fsp3) is 0.346. The minimum atomic E-state index is -0.463. The number of anilines is 1. The van der Waals surface area contributed by atoms with Gasteiger partial charge >= 0.3 is 6.03 Å². The number of carbonyl (C=O) groups is 3. The first-order valence-electron chi connectivity index (χ1n) is 11.4. The Balaban J connectivity index is 1.24. The Kier molecular flexibility index (Phi) is 5.52. The zero-order valence-electron chi connectivity index (χ0n) is 18.0. The molecule has 3 aliphatic rings. The largest absolute Gasteiger partial charge is 0.352 e. The van der Waals surface area contributed by atoms with Crippen LogP contribution in [0.15, 0.2) is 60.2 Å². The first-order valence-corrected chi connectivity index (χ1v) is 11.4. The summed E-state index contributed by atoms with van der Waals surface area (Å²) in [7, 11) is 0. The summed E-state index contributed by atoms with van der Waals surface area (Å²) in [6.07, 6.45) is 8.49. The molecule has 2 aliphatic heterocycles. The predicted molar refractivity (Wildman–Crippen MR) is 122 cm³/mol. The number of benzene rings is 2. The second-order valence-electron chi connectivity index (χ2n) is 8.73. The molecule has 0 radical (unpaired) electrons. The number of amides is 4. The molecule has 1 atom stereocenters. The fourth-order valence-corrected chi connectivity index (χ4v) is 4.89. The van der Waals surface area contributed by atoms with E-state index in [-0.39, 0.29) is 17.8 Å². The maximum absolute atomic E-state index is 13.0. The summed E-state index contributed by atoms with van der Waals surface area (Å²) in [5.41, 5.74) is 4.66. The minimum absolute atomic E-state index is 0.139. The van der Waals surface area contributed by atoms with Crippen molar-refractivity contribution in [1.29, 1.82) is 0 Å². The van der Waals surface area contributed by atoms with Gasteiger partial charge in [-0.25, -0.2) is 9.69 Å². The van der Waals surface area contributed by atoms with Crippen LogP contribution in [0.3, 0.4) is 0 Å². The lowest BCUT2D eigenvalue weighted by atomic mass is 9.95. The Morgan fingerprint density at radius 1 is 1.00 bits per heavy atom. The molecule has 2 aromatic rings. The first-order chi connectivity index (χ1) is 15.6. The Morgan fingerprint density at radius 2 is 1.78 bits per heavy atom. The van der Waals surface area contributed by atoms with Gasteiger partial charge in [-0.1, -0.05) is 35.9 Å². The van der Waals surface area contributed by atoms with E-state index in [0.717, 1.165) is 30.4 Å². The number of carbonyl (C=O) groups excluding carboxylic acids is 3. The van der Waals surface area contributed by atoms with Crippen molar-refractivity contribution >= 4 is 23.5 Å². The zero-order valence-corrected chi connectivity index (χ0v) is 18.0. The fourth-order valence-electron chi connectivity index (χ4n) is 4.89. The van der Waals surface area contributed by atoms with Crippen molar-refractivity contribution in [3.05, 3.63) is 76.9 Å². The van der Waals surface area contributed by atoms with Gasteiger partial charge in [0.1, 0.15) is 6.04 Å². The summed E-state index contributed by atoms with van der Waals surface area (Å²) in [5.74, 6) is -0.345. The number of allylic oxidation sites excluding steroid dienone is 1. The molecule has 2 aromatic carbocycles. The molecule has 6 heteroatoms. The van der Waals surface area contributed by atoms with Crippen molar-refractivity contribution in [2.45, 2.75) is 51.1 Å². The van der Waals surface area contributed by atoms with Crippen LogP contribution in [-0.4, -0.2) is 35.3 Å². The van der Waals surface area contributed by atoms with Gasteiger partial charge in [0, 0.05) is 25.1 Å². The Morgan fingerprint density at radius 3 is 2.53 bits per heavy atom. The van der Waals surface area contributed by atoms with Crippen LogP contribution in [0.5, 0.6) is 0 Å². The molecule has 0 spiro atoms. The lowest BCUT2D eigenvalue weighted by Gasteiger charge is -2.28.